The molecule has 4 aromatic rings. The number of ether oxygens (including phenoxy) is 3. The molecule has 1 atom stereocenters. The molecule has 2 amide bonds. The number of hydrogen-bond donors (Lipinski definition) is 1. The normalized spacial score (nSPS) is 18.0. The second-order valence-corrected chi connectivity index (χ2v) is 12.4. The van der Waals surface area contributed by atoms with E-state index in [0.717, 1.165) is 60.4 Å². The molecule has 12 nitrogen and oxygen atoms in total. The van der Waals surface area contributed by atoms with Gasteiger partial charge < -0.3 is 33.9 Å². The maximum absolute atomic E-state index is 13.9. The van der Waals surface area contributed by atoms with Gasteiger partial charge in [-0.05, 0) is 55.6 Å². The first-order chi connectivity index (χ1) is 23.4. The summed E-state index contributed by atoms with van der Waals surface area (Å²) in [6.45, 7) is 7.22. The second kappa shape index (κ2) is 14.9. The summed E-state index contributed by atoms with van der Waals surface area (Å²) < 4.78 is 19.1. The van der Waals surface area contributed by atoms with E-state index in [0.29, 0.717) is 55.5 Å². The number of piperidine rings is 1. The Bertz CT molecular complexity index is 1730. The van der Waals surface area contributed by atoms with Crippen LogP contribution in [0.25, 0.3) is 16.6 Å². The van der Waals surface area contributed by atoms with E-state index in [2.05, 4.69) is 33.1 Å². The van der Waals surface area contributed by atoms with Crippen molar-refractivity contribution in [1.29, 1.82) is 0 Å². The van der Waals surface area contributed by atoms with Crippen LogP contribution in [0.2, 0.25) is 0 Å². The van der Waals surface area contributed by atoms with E-state index in [4.69, 9.17) is 19.2 Å². The number of rotatable bonds is 6. The Hall–Kier alpha value is -4.84. The average molecular weight is 656 g/mol. The van der Waals surface area contributed by atoms with Crippen LogP contribution >= 0.6 is 0 Å². The molecule has 2 aromatic heterocycles. The fraction of sp³-hybridized carbons (Fsp3) is 0.444. The van der Waals surface area contributed by atoms with Crippen LogP contribution in [0.15, 0.2) is 55.1 Å². The Balaban J connectivity index is 1.34. The van der Waals surface area contributed by atoms with Crippen molar-refractivity contribution in [1.82, 2.24) is 29.7 Å². The van der Waals surface area contributed by atoms with Crippen LogP contribution in [0, 0.1) is 5.92 Å². The van der Waals surface area contributed by atoms with Crippen molar-refractivity contribution in [3.8, 4) is 22.9 Å². The molecule has 2 aliphatic heterocycles. The van der Waals surface area contributed by atoms with E-state index in [-0.39, 0.29) is 24.2 Å². The van der Waals surface area contributed by atoms with Crippen molar-refractivity contribution >= 4 is 28.5 Å². The Kier molecular flexibility index (Phi) is 10.3. The van der Waals surface area contributed by atoms with Crippen LogP contribution in [0.4, 0.5) is 5.82 Å². The van der Waals surface area contributed by atoms with Crippen LogP contribution < -0.4 is 24.4 Å². The standard InChI is InChI=1S/C36H45N7O5/c1-5-40-17-18-41(36(45)26-8-10-28(11-9-26)43-16-13-37-24-43)15-12-32(44)38-21-25-7-6-14-42(22-25)35-27(23-40)19-29-30(39-35)20-31(46-2)34(48-4)33(29)47-3/h8-11,13,16,19-20,24-25H,5-7,12,14-15,17-18,21-23H2,1-4H3,(H,38,44). The summed E-state index contributed by atoms with van der Waals surface area (Å²) in [7, 11) is 4.84. The lowest BCUT2D eigenvalue weighted by molar-refractivity contribution is -0.121. The number of aromatic nitrogens is 3. The van der Waals surface area contributed by atoms with Crippen molar-refractivity contribution in [3.63, 3.8) is 0 Å². The smallest absolute Gasteiger partial charge is 0.253 e. The lowest BCUT2D eigenvalue weighted by Crippen LogP contribution is -2.42. The number of pyridine rings is 1. The number of carbonyl (C=O) groups is 2. The van der Waals surface area contributed by atoms with Gasteiger partial charge in [0.05, 0.1) is 33.2 Å². The van der Waals surface area contributed by atoms with Gasteiger partial charge in [0.25, 0.3) is 5.91 Å². The SMILES string of the molecule is CCN1CCN(C(=O)c2ccc(-n3ccnc3)cc2)CCC(=O)NCC2CCCN(C2)c2nc3cc(OC)c(OC)c(OC)c3cc2C1. The number of nitrogens with one attached hydrogen (secondary N) is 1. The van der Waals surface area contributed by atoms with Gasteiger partial charge in [0.1, 0.15) is 5.82 Å². The Labute approximate surface area is 281 Å². The van der Waals surface area contributed by atoms with Crippen molar-refractivity contribution < 1.29 is 23.8 Å². The molecule has 0 saturated carbocycles. The van der Waals surface area contributed by atoms with E-state index in [1.54, 1.807) is 38.8 Å². The van der Waals surface area contributed by atoms with Gasteiger partial charge in [-0.15, -0.1) is 0 Å². The topological polar surface area (TPSA) is 114 Å². The first-order valence-corrected chi connectivity index (χ1v) is 16.7. The van der Waals surface area contributed by atoms with Crippen LogP contribution in [0.3, 0.4) is 0 Å². The molecule has 1 saturated heterocycles. The van der Waals surface area contributed by atoms with E-state index in [1.807, 2.05) is 41.1 Å². The van der Waals surface area contributed by atoms with E-state index in [1.165, 1.54) is 0 Å². The summed E-state index contributed by atoms with van der Waals surface area (Å²) in [5.74, 6) is 2.73. The van der Waals surface area contributed by atoms with E-state index in [9.17, 15) is 9.59 Å². The summed E-state index contributed by atoms with van der Waals surface area (Å²) >= 11 is 0. The van der Waals surface area contributed by atoms with Crippen molar-refractivity contribution in [2.24, 2.45) is 5.92 Å². The average Bonchev–Trinajstić information content (AvgIpc) is 3.67. The maximum atomic E-state index is 13.9. The number of imidazole rings is 1. The highest BCUT2D eigenvalue weighted by Gasteiger charge is 2.27. The molecule has 1 N–H and O–H groups in total. The molecular formula is C36H45N7O5. The van der Waals surface area contributed by atoms with Crippen LogP contribution in [0.1, 0.15) is 42.1 Å². The van der Waals surface area contributed by atoms with Crippen LogP contribution in [-0.2, 0) is 11.3 Å². The number of likely N-dealkylation sites (N-methyl/N-ethyl adjacent to an activating group) is 1. The van der Waals surface area contributed by atoms with Crippen molar-refractivity contribution in [2.45, 2.75) is 32.7 Å². The van der Waals surface area contributed by atoms with Gasteiger partial charge in [-0.2, -0.15) is 0 Å². The highest BCUT2D eigenvalue weighted by Crippen LogP contribution is 2.44. The summed E-state index contributed by atoms with van der Waals surface area (Å²) in [6.07, 6.45) is 7.59. The first-order valence-electron chi connectivity index (χ1n) is 16.7. The number of fused-ring (bicyclic) bond motifs is 5. The lowest BCUT2D eigenvalue weighted by Gasteiger charge is -2.35. The molecule has 2 bridgehead atoms. The Morgan fingerprint density at radius 3 is 2.52 bits per heavy atom. The number of hydrogen-bond acceptors (Lipinski definition) is 9. The highest BCUT2D eigenvalue weighted by molar-refractivity contribution is 5.95. The van der Waals surface area contributed by atoms with Crippen molar-refractivity contribution in [2.75, 3.05) is 72.0 Å². The van der Waals surface area contributed by atoms with Gasteiger partial charge in [-0.3, -0.25) is 14.5 Å². The highest BCUT2D eigenvalue weighted by atomic mass is 16.5. The zero-order valence-electron chi connectivity index (χ0n) is 28.3. The van der Waals surface area contributed by atoms with Gasteiger partial charge in [0.15, 0.2) is 11.5 Å². The van der Waals surface area contributed by atoms with Crippen LogP contribution in [-0.4, -0.2) is 103 Å². The molecule has 2 aliphatic rings. The molecule has 2 aromatic carbocycles. The molecule has 48 heavy (non-hydrogen) atoms. The minimum atomic E-state index is -0.0961. The Morgan fingerprint density at radius 1 is 1.00 bits per heavy atom. The molecule has 0 aliphatic carbocycles. The molecule has 1 unspecified atom stereocenters. The molecular weight excluding hydrogens is 610 g/mol. The number of benzene rings is 2. The molecule has 0 radical (unpaired) electrons. The molecule has 1 fully saturated rings. The van der Waals surface area contributed by atoms with Gasteiger partial charge in [-0.1, -0.05) is 6.92 Å². The zero-order valence-corrected chi connectivity index (χ0v) is 28.3. The van der Waals surface area contributed by atoms with Crippen molar-refractivity contribution in [3.05, 3.63) is 66.2 Å². The molecule has 0 spiro atoms. The van der Waals surface area contributed by atoms with E-state index >= 15 is 0 Å². The summed E-state index contributed by atoms with van der Waals surface area (Å²) in [5, 5.41) is 4.00. The number of methoxy groups -OCH3 is 3. The molecule has 12 heteroatoms. The number of carbonyl (C=O) groups excluding carboxylic acids is 2. The van der Waals surface area contributed by atoms with Gasteiger partial charge in [0, 0.05) is 92.9 Å². The predicted octanol–water partition coefficient (Wildman–Crippen LogP) is 4.15. The fourth-order valence-electron chi connectivity index (χ4n) is 6.76. The lowest BCUT2D eigenvalue weighted by atomic mass is 9.97. The number of anilines is 1. The minimum absolute atomic E-state index is 0.0414. The number of amides is 2. The summed E-state index contributed by atoms with van der Waals surface area (Å²) in [5.41, 5.74) is 3.34. The third-order valence-corrected chi connectivity index (χ3v) is 9.43. The quantitative estimate of drug-likeness (QED) is 0.327. The second-order valence-electron chi connectivity index (χ2n) is 12.4. The largest absolute Gasteiger partial charge is 0.493 e. The monoisotopic (exact) mass is 655 g/mol. The predicted molar refractivity (Wildman–Crippen MR) is 184 cm³/mol. The summed E-state index contributed by atoms with van der Waals surface area (Å²) in [4.78, 5) is 42.8. The van der Waals surface area contributed by atoms with Gasteiger partial charge in [0.2, 0.25) is 11.7 Å². The van der Waals surface area contributed by atoms with E-state index < -0.39 is 0 Å². The summed E-state index contributed by atoms with van der Waals surface area (Å²) in [6, 6.07) is 11.6. The third kappa shape index (κ3) is 7.03. The Morgan fingerprint density at radius 2 is 1.81 bits per heavy atom. The number of nitrogens with zero attached hydrogens (tertiary/aromatic N) is 6. The van der Waals surface area contributed by atoms with Crippen LogP contribution in [0.5, 0.6) is 17.2 Å². The maximum Gasteiger partial charge on any atom is 0.253 e. The fourth-order valence-corrected chi connectivity index (χ4v) is 6.76. The minimum Gasteiger partial charge on any atom is -0.493 e. The van der Waals surface area contributed by atoms with Gasteiger partial charge >= 0.3 is 0 Å². The first kappa shape index (κ1) is 33.1. The zero-order chi connectivity index (χ0) is 33.6. The van der Waals surface area contributed by atoms with Gasteiger partial charge in [-0.25, -0.2) is 9.97 Å². The molecule has 254 valence electrons. The molecule has 4 heterocycles. The molecule has 6 rings (SSSR count). The third-order valence-electron chi connectivity index (χ3n) is 9.43.